The zero-order valence-corrected chi connectivity index (χ0v) is 11.8. The van der Waals surface area contributed by atoms with Crippen molar-refractivity contribution in [1.82, 2.24) is 0 Å². The molecule has 3 nitrogen and oxygen atoms in total. The summed E-state index contributed by atoms with van der Waals surface area (Å²) in [6.45, 7) is 3.98. The lowest BCUT2D eigenvalue weighted by Crippen LogP contribution is -2.17. The van der Waals surface area contributed by atoms with Gasteiger partial charge in [0, 0.05) is 0 Å². The number of hydrogen-bond acceptors (Lipinski definition) is 3. The summed E-state index contributed by atoms with van der Waals surface area (Å²) in [6.07, 6.45) is 0.963. The number of hydrogen-bond donors (Lipinski definition) is 0. The lowest BCUT2D eigenvalue weighted by atomic mass is 10.2. The van der Waals surface area contributed by atoms with Gasteiger partial charge in [-0.25, -0.2) is 4.79 Å². The third kappa shape index (κ3) is 4.12. The van der Waals surface area contributed by atoms with Crippen molar-refractivity contribution in [3.8, 4) is 11.5 Å². The molecule has 0 saturated carbocycles. The molecule has 3 heteroatoms. The fourth-order valence-corrected chi connectivity index (χ4v) is 1.73. The number of rotatable bonds is 5. The molecule has 0 aliphatic heterocycles. The average molecular weight is 270 g/mol. The monoisotopic (exact) mass is 270 g/mol. The van der Waals surface area contributed by atoms with E-state index in [4.69, 9.17) is 9.47 Å². The molecule has 0 aliphatic carbocycles. The first-order valence-corrected chi connectivity index (χ1v) is 6.66. The van der Waals surface area contributed by atoms with Crippen LogP contribution >= 0.6 is 0 Å². The molecule has 0 atom stereocenters. The summed E-state index contributed by atoms with van der Waals surface area (Å²) in [7, 11) is 0. The van der Waals surface area contributed by atoms with Gasteiger partial charge in [-0.15, -0.1) is 0 Å². The third-order valence-electron chi connectivity index (χ3n) is 2.94. The van der Waals surface area contributed by atoms with E-state index in [1.54, 1.807) is 12.1 Å². The van der Waals surface area contributed by atoms with Gasteiger partial charge in [0.25, 0.3) is 0 Å². The van der Waals surface area contributed by atoms with Gasteiger partial charge in [-0.3, -0.25) is 0 Å². The Bertz CT molecular complexity index is 556. The second-order valence-corrected chi connectivity index (χ2v) is 4.57. The maximum absolute atomic E-state index is 11.7. The number of carbonyl (C=O) groups is 1. The van der Waals surface area contributed by atoms with Crippen molar-refractivity contribution in [1.29, 1.82) is 0 Å². The molecule has 20 heavy (non-hydrogen) atoms. The zero-order valence-electron chi connectivity index (χ0n) is 11.8. The first kappa shape index (κ1) is 14.1. The van der Waals surface area contributed by atoms with E-state index < -0.39 is 5.97 Å². The Hall–Kier alpha value is -2.29. The van der Waals surface area contributed by atoms with E-state index >= 15 is 0 Å². The fraction of sp³-hybridized carbons (Fsp3) is 0.235. The van der Waals surface area contributed by atoms with Crippen LogP contribution < -0.4 is 9.47 Å². The van der Waals surface area contributed by atoms with E-state index in [1.165, 1.54) is 5.56 Å². The Morgan fingerprint density at radius 2 is 1.55 bits per heavy atom. The minimum Gasteiger partial charge on any atom is -0.482 e. The summed E-state index contributed by atoms with van der Waals surface area (Å²) < 4.78 is 10.6. The second kappa shape index (κ2) is 6.75. The molecule has 0 unspecified atom stereocenters. The Kier molecular flexibility index (Phi) is 4.77. The summed E-state index contributed by atoms with van der Waals surface area (Å²) in [6, 6.07) is 15.0. The van der Waals surface area contributed by atoms with Crippen LogP contribution in [0, 0.1) is 6.92 Å². The molecule has 104 valence electrons. The van der Waals surface area contributed by atoms with Crippen molar-refractivity contribution in [2.24, 2.45) is 0 Å². The third-order valence-corrected chi connectivity index (χ3v) is 2.94. The highest BCUT2D eigenvalue weighted by molar-refractivity contribution is 5.73. The van der Waals surface area contributed by atoms with Crippen molar-refractivity contribution in [2.75, 3.05) is 6.61 Å². The smallest absolute Gasteiger partial charge is 0.349 e. The number of esters is 1. The molecular formula is C17H18O3. The number of ether oxygens (including phenoxy) is 2. The molecule has 0 amide bonds. The quantitative estimate of drug-likeness (QED) is 0.615. The van der Waals surface area contributed by atoms with Gasteiger partial charge in [0.1, 0.15) is 11.5 Å². The highest BCUT2D eigenvalue weighted by Gasteiger charge is 2.06. The highest BCUT2D eigenvalue weighted by Crippen LogP contribution is 2.14. The van der Waals surface area contributed by atoms with Gasteiger partial charge in [0.05, 0.1) is 0 Å². The Balaban J connectivity index is 1.84. The van der Waals surface area contributed by atoms with Crippen molar-refractivity contribution >= 4 is 5.97 Å². The molecule has 0 aliphatic rings. The normalized spacial score (nSPS) is 10.1. The van der Waals surface area contributed by atoms with Gasteiger partial charge >= 0.3 is 5.97 Å². The lowest BCUT2D eigenvalue weighted by molar-refractivity contribution is -0.136. The van der Waals surface area contributed by atoms with E-state index in [9.17, 15) is 4.79 Å². The van der Waals surface area contributed by atoms with E-state index in [2.05, 4.69) is 6.92 Å². The molecule has 0 saturated heterocycles. The first-order valence-electron chi connectivity index (χ1n) is 6.66. The molecule has 0 aromatic heterocycles. The molecule has 2 rings (SSSR count). The largest absolute Gasteiger partial charge is 0.482 e. The predicted octanol–water partition coefficient (Wildman–Crippen LogP) is 3.54. The van der Waals surface area contributed by atoms with Crippen LogP contribution in [0.25, 0.3) is 0 Å². The molecule has 0 radical (unpaired) electrons. The van der Waals surface area contributed by atoms with E-state index in [0.29, 0.717) is 11.5 Å². The zero-order chi connectivity index (χ0) is 14.4. The van der Waals surface area contributed by atoms with E-state index in [0.717, 1.165) is 12.0 Å². The molecule has 2 aromatic carbocycles. The van der Waals surface area contributed by atoms with Crippen LogP contribution in [0.3, 0.4) is 0 Å². The molecule has 0 heterocycles. The van der Waals surface area contributed by atoms with Gasteiger partial charge in [-0.2, -0.15) is 0 Å². The summed E-state index contributed by atoms with van der Waals surface area (Å²) in [4.78, 5) is 11.7. The Labute approximate surface area is 119 Å². The first-order chi connectivity index (χ1) is 9.67. The number of benzene rings is 2. The van der Waals surface area contributed by atoms with Gasteiger partial charge < -0.3 is 9.47 Å². The van der Waals surface area contributed by atoms with Crippen LogP contribution in [0.4, 0.5) is 0 Å². The molecule has 0 fully saturated rings. The Morgan fingerprint density at radius 1 is 0.950 bits per heavy atom. The SMILES string of the molecule is CCc1ccc(OC(=O)COc2ccc(C)cc2)cc1. The maximum Gasteiger partial charge on any atom is 0.349 e. The van der Waals surface area contributed by atoms with Gasteiger partial charge in [0.2, 0.25) is 0 Å². The molecule has 2 aromatic rings. The minimum absolute atomic E-state index is 0.0986. The van der Waals surface area contributed by atoms with E-state index in [-0.39, 0.29) is 6.61 Å². The summed E-state index contributed by atoms with van der Waals surface area (Å²) in [5.41, 5.74) is 2.36. The van der Waals surface area contributed by atoms with Crippen LogP contribution in [0.5, 0.6) is 11.5 Å². The van der Waals surface area contributed by atoms with Crippen molar-refractivity contribution < 1.29 is 14.3 Å². The lowest BCUT2D eigenvalue weighted by Gasteiger charge is -2.07. The molecular weight excluding hydrogens is 252 g/mol. The Morgan fingerprint density at radius 3 is 2.15 bits per heavy atom. The summed E-state index contributed by atoms with van der Waals surface area (Å²) in [5, 5.41) is 0. The highest BCUT2D eigenvalue weighted by atomic mass is 16.6. The van der Waals surface area contributed by atoms with Crippen LogP contribution in [-0.2, 0) is 11.2 Å². The molecule has 0 bridgehead atoms. The van der Waals surface area contributed by atoms with Crippen molar-refractivity contribution in [3.63, 3.8) is 0 Å². The second-order valence-electron chi connectivity index (χ2n) is 4.57. The maximum atomic E-state index is 11.7. The molecule has 0 N–H and O–H groups in total. The number of aryl methyl sites for hydroxylation is 2. The van der Waals surface area contributed by atoms with Gasteiger partial charge in [0.15, 0.2) is 6.61 Å². The van der Waals surface area contributed by atoms with Gasteiger partial charge in [-0.1, -0.05) is 36.8 Å². The van der Waals surface area contributed by atoms with Crippen LogP contribution in [0.1, 0.15) is 18.1 Å². The fourth-order valence-electron chi connectivity index (χ4n) is 1.73. The average Bonchev–Trinajstić information content (AvgIpc) is 2.47. The van der Waals surface area contributed by atoms with Crippen LogP contribution in [0.2, 0.25) is 0 Å². The standard InChI is InChI=1S/C17H18O3/c1-3-14-6-10-16(11-7-14)20-17(18)12-19-15-8-4-13(2)5-9-15/h4-11H,3,12H2,1-2H3. The predicted molar refractivity (Wildman–Crippen MR) is 78.1 cm³/mol. The molecule has 0 spiro atoms. The summed E-state index contributed by atoms with van der Waals surface area (Å²) in [5.74, 6) is 0.795. The van der Waals surface area contributed by atoms with Crippen molar-refractivity contribution in [2.45, 2.75) is 20.3 Å². The van der Waals surface area contributed by atoms with E-state index in [1.807, 2.05) is 43.3 Å². The summed E-state index contributed by atoms with van der Waals surface area (Å²) >= 11 is 0. The topological polar surface area (TPSA) is 35.5 Å². The number of carbonyl (C=O) groups excluding carboxylic acids is 1. The van der Waals surface area contributed by atoms with Crippen molar-refractivity contribution in [3.05, 3.63) is 59.7 Å². The van der Waals surface area contributed by atoms with Crippen LogP contribution in [0.15, 0.2) is 48.5 Å². The van der Waals surface area contributed by atoms with Gasteiger partial charge in [-0.05, 0) is 43.2 Å². The van der Waals surface area contributed by atoms with Crippen LogP contribution in [-0.4, -0.2) is 12.6 Å². The minimum atomic E-state index is -0.408.